The number of pyridine rings is 1. The van der Waals surface area contributed by atoms with E-state index in [1.807, 2.05) is 42.5 Å². The number of aromatic nitrogens is 1. The fourth-order valence-electron chi connectivity index (χ4n) is 4.07. The molecule has 1 heterocycles. The minimum Gasteiger partial charge on any atom is -0.445 e. The monoisotopic (exact) mass is 488 g/mol. The molecular formula is C30H20N2O5. The van der Waals surface area contributed by atoms with Crippen molar-refractivity contribution in [2.24, 2.45) is 0 Å². The molecule has 180 valence electrons. The third-order valence-electron chi connectivity index (χ3n) is 5.93. The first-order chi connectivity index (χ1) is 18.0. The Kier molecular flexibility index (Phi) is 6.50. The Hall–Kier alpha value is -5.17. The Morgan fingerprint density at radius 3 is 2.08 bits per heavy atom. The molecule has 4 aromatic carbocycles. The smallest absolute Gasteiger partial charge is 0.339 e. The van der Waals surface area contributed by atoms with Gasteiger partial charge >= 0.3 is 5.97 Å². The Morgan fingerprint density at radius 1 is 0.784 bits per heavy atom. The molecule has 0 aliphatic rings. The van der Waals surface area contributed by atoms with Crippen LogP contribution in [0.15, 0.2) is 115 Å². The van der Waals surface area contributed by atoms with Gasteiger partial charge in [0.1, 0.15) is 0 Å². The number of carbonyl (C=O) groups is 2. The molecule has 0 amide bonds. The van der Waals surface area contributed by atoms with E-state index in [0.29, 0.717) is 27.7 Å². The molecule has 5 rings (SSSR count). The van der Waals surface area contributed by atoms with Crippen molar-refractivity contribution < 1.29 is 19.2 Å². The van der Waals surface area contributed by atoms with E-state index in [-0.39, 0.29) is 11.3 Å². The molecule has 5 aromatic rings. The van der Waals surface area contributed by atoms with Gasteiger partial charge in [-0.2, -0.15) is 0 Å². The Morgan fingerprint density at radius 2 is 1.41 bits per heavy atom. The van der Waals surface area contributed by atoms with Crippen molar-refractivity contribution in [1.29, 1.82) is 0 Å². The van der Waals surface area contributed by atoms with Gasteiger partial charge in [-0.05, 0) is 24.3 Å². The zero-order chi connectivity index (χ0) is 25.8. The predicted octanol–water partition coefficient (Wildman–Crippen LogP) is 6.59. The minimum atomic E-state index is -1.30. The van der Waals surface area contributed by atoms with Gasteiger partial charge in [-0.15, -0.1) is 0 Å². The second-order valence-electron chi connectivity index (χ2n) is 8.30. The van der Waals surface area contributed by atoms with Crippen molar-refractivity contribution in [1.82, 2.24) is 4.98 Å². The summed E-state index contributed by atoms with van der Waals surface area (Å²) in [5, 5.41) is 11.7. The van der Waals surface area contributed by atoms with E-state index in [1.165, 1.54) is 24.3 Å². The number of ketones is 1. The highest BCUT2D eigenvalue weighted by Crippen LogP contribution is 2.29. The van der Waals surface area contributed by atoms with E-state index in [1.54, 1.807) is 48.5 Å². The fourth-order valence-corrected chi connectivity index (χ4v) is 4.07. The fraction of sp³-hybridized carbons (Fsp3) is 0.0333. The van der Waals surface area contributed by atoms with E-state index >= 15 is 0 Å². The molecular weight excluding hydrogens is 468 g/mol. The van der Waals surface area contributed by atoms with Crippen LogP contribution < -0.4 is 0 Å². The SMILES string of the molecule is O=C(O[C@@H](C(=O)c1ccccc1)c1ccc([N+](=O)[O-])cc1)c1cc(-c2ccccc2)nc2ccccc12. The van der Waals surface area contributed by atoms with Crippen LogP contribution in [0.2, 0.25) is 0 Å². The number of nitrogens with zero attached hydrogens (tertiary/aromatic N) is 2. The number of rotatable bonds is 7. The number of hydrogen-bond donors (Lipinski definition) is 0. The summed E-state index contributed by atoms with van der Waals surface area (Å²) in [6, 6.07) is 32.2. The lowest BCUT2D eigenvalue weighted by Gasteiger charge is -2.18. The number of non-ortho nitro benzene ring substituents is 1. The van der Waals surface area contributed by atoms with Crippen LogP contribution in [0.5, 0.6) is 0 Å². The number of ether oxygens (including phenoxy) is 1. The number of carbonyl (C=O) groups excluding carboxylic acids is 2. The number of fused-ring (bicyclic) bond motifs is 1. The van der Waals surface area contributed by atoms with Crippen LogP contribution in [0.3, 0.4) is 0 Å². The van der Waals surface area contributed by atoms with Crippen LogP contribution in [0, 0.1) is 10.1 Å². The summed E-state index contributed by atoms with van der Waals surface area (Å²) in [5.74, 6) is -1.15. The number of nitro benzene ring substituents is 1. The highest BCUT2D eigenvalue weighted by molar-refractivity contribution is 6.07. The van der Waals surface area contributed by atoms with Gasteiger partial charge in [0.15, 0.2) is 6.10 Å². The Balaban J connectivity index is 1.57. The molecule has 0 aliphatic carbocycles. The summed E-state index contributed by atoms with van der Waals surface area (Å²) in [6.07, 6.45) is -1.30. The van der Waals surface area contributed by atoms with Gasteiger partial charge in [0.2, 0.25) is 5.78 Å². The van der Waals surface area contributed by atoms with Crippen LogP contribution in [0.4, 0.5) is 5.69 Å². The van der Waals surface area contributed by atoms with Gasteiger partial charge < -0.3 is 4.74 Å². The third kappa shape index (κ3) is 4.97. The number of para-hydroxylation sites is 1. The van der Waals surface area contributed by atoms with Crippen LogP contribution in [-0.2, 0) is 4.74 Å². The Bertz CT molecular complexity index is 1600. The van der Waals surface area contributed by atoms with E-state index in [2.05, 4.69) is 0 Å². The van der Waals surface area contributed by atoms with Crippen LogP contribution in [0.25, 0.3) is 22.2 Å². The van der Waals surface area contributed by atoms with Crippen molar-refractivity contribution in [3.63, 3.8) is 0 Å². The van der Waals surface area contributed by atoms with Gasteiger partial charge in [-0.25, -0.2) is 9.78 Å². The standard InChI is InChI=1S/C30H20N2O5/c33-28(21-11-5-2-6-12-21)29(22-15-17-23(18-16-22)32(35)36)37-30(34)25-19-27(20-9-3-1-4-10-20)31-26-14-8-7-13-24(25)26/h1-19,29H/t29-/m1/s1. The molecule has 0 spiro atoms. The van der Waals surface area contributed by atoms with Gasteiger partial charge in [-0.1, -0.05) is 78.9 Å². The first-order valence-electron chi connectivity index (χ1n) is 11.5. The van der Waals surface area contributed by atoms with Crippen molar-refractivity contribution >= 4 is 28.3 Å². The number of esters is 1. The molecule has 1 aromatic heterocycles. The summed E-state index contributed by atoms with van der Waals surface area (Å²) in [4.78, 5) is 42.4. The van der Waals surface area contributed by atoms with Crippen molar-refractivity contribution in [2.75, 3.05) is 0 Å². The molecule has 0 bridgehead atoms. The molecule has 0 aliphatic heterocycles. The highest BCUT2D eigenvalue weighted by atomic mass is 16.6. The van der Waals surface area contributed by atoms with Crippen molar-refractivity contribution in [2.45, 2.75) is 6.10 Å². The molecule has 0 N–H and O–H groups in total. The van der Waals surface area contributed by atoms with Gasteiger partial charge in [0.05, 0.1) is 21.7 Å². The summed E-state index contributed by atoms with van der Waals surface area (Å²) < 4.78 is 5.85. The lowest BCUT2D eigenvalue weighted by Crippen LogP contribution is -2.20. The lowest BCUT2D eigenvalue weighted by atomic mass is 9.99. The maximum absolute atomic E-state index is 13.6. The normalized spacial score (nSPS) is 11.6. The summed E-state index contributed by atoms with van der Waals surface area (Å²) in [5.41, 5.74) is 2.84. The molecule has 1 atom stereocenters. The van der Waals surface area contributed by atoms with Gasteiger partial charge in [-0.3, -0.25) is 14.9 Å². The molecule has 0 saturated carbocycles. The zero-order valence-corrected chi connectivity index (χ0v) is 19.5. The van der Waals surface area contributed by atoms with Gasteiger partial charge in [0.25, 0.3) is 5.69 Å². The van der Waals surface area contributed by atoms with Crippen LogP contribution in [0.1, 0.15) is 32.4 Å². The minimum absolute atomic E-state index is 0.131. The molecule has 7 heteroatoms. The summed E-state index contributed by atoms with van der Waals surface area (Å²) in [7, 11) is 0. The molecule has 0 saturated heterocycles. The van der Waals surface area contributed by atoms with Crippen LogP contribution in [-0.4, -0.2) is 21.7 Å². The maximum Gasteiger partial charge on any atom is 0.339 e. The molecule has 37 heavy (non-hydrogen) atoms. The average molecular weight is 488 g/mol. The lowest BCUT2D eigenvalue weighted by molar-refractivity contribution is -0.384. The van der Waals surface area contributed by atoms with E-state index in [9.17, 15) is 19.7 Å². The zero-order valence-electron chi connectivity index (χ0n) is 19.5. The first kappa shape index (κ1) is 23.6. The predicted molar refractivity (Wildman–Crippen MR) is 139 cm³/mol. The largest absolute Gasteiger partial charge is 0.445 e. The Labute approximate surface area is 212 Å². The number of nitro groups is 1. The first-order valence-corrected chi connectivity index (χ1v) is 11.5. The number of hydrogen-bond acceptors (Lipinski definition) is 6. The quantitative estimate of drug-likeness (QED) is 0.111. The van der Waals surface area contributed by atoms with Crippen LogP contribution >= 0.6 is 0 Å². The summed E-state index contributed by atoms with van der Waals surface area (Å²) >= 11 is 0. The van der Waals surface area contributed by atoms with Crippen molar-refractivity contribution in [3.8, 4) is 11.3 Å². The van der Waals surface area contributed by atoms with Gasteiger partial charge in [0, 0.05) is 34.2 Å². The molecule has 0 fully saturated rings. The topological polar surface area (TPSA) is 99.4 Å². The van der Waals surface area contributed by atoms with Crippen molar-refractivity contribution in [3.05, 3.63) is 142 Å². The maximum atomic E-state index is 13.6. The molecule has 0 unspecified atom stereocenters. The van der Waals surface area contributed by atoms with E-state index in [4.69, 9.17) is 9.72 Å². The number of Topliss-reactive ketones (excluding diaryl/α,β-unsaturated/α-hetero) is 1. The second-order valence-corrected chi connectivity index (χ2v) is 8.30. The number of benzene rings is 4. The van der Waals surface area contributed by atoms with E-state index in [0.717, 1.165) is 5.56 Å². The molecule has 0 radical (unpaired) electrons. The third-order valence-corrected chi connectivity index (χ3v) is 5.93. The highest BCUT2D eigenvalue weighted by Gasteiger charge is 2.28. The second kappa shape index (κ2) is 10.2. The van der Waals surface area contributed by atoms with E-state index < -0.39 is 22.8 Å². The summed E-state index contributed by atoms with van der Waals surface area (Å²) in [6.45, 7) is 0. The molecule has 7 nitrogen and oxygen atoms in total. The average Bonchev–Trinajstić information content (AvgIpc) is 2.96.